The molecule has 1 aliphatic rings. The Labute approximate surface area is 219 Å². The van der Waals surface area contributed by atoms with Crippen LogP contribution in [0.4, 0.5) is 0 Å². The summed E-state index contributed by atoms with van der Waals surface area (Å²) in [4.78, 5) is 34.9. The van der Waals surface area contributed by atoms with Crippen LogP contribution in [-0.4, -0.2) is 71.5 Å². The van der Waals surface area contributed by atoms with Crippen molar-refractivity contribution in [2.24, 2.45) is 0 Å². The van der Waals surface area contributed by atoms with Crippen LogP contribution in [-0.2, 0) is 9.53 Å². The second-order valence-electron chi connectivity index (χ2n) is 10.5. The van der Waals surface area contributed by atoms with Crippen LogP contribution in [0, 0.1) is 6.92 Å². The Morgan fingerprint density at radius 1 is 1.05 bits per heavy atom. The Hall–Kier alpha value is -3.36. The fraction of sp³-hybridized carbons (Fsp3) is 0.448. The molecule has 0 aliphatic carbocycles. The van der Waals surface area contributed by atoms with Crippen molar-refractivity contribution in [2.75, 3.05) is 39.4 Å². The molecule has 37 heavy (non-hydrogen) atoms. The molecule has 0 bridgehead atoms. The molecule has 1 saturated heterocycles. The number of morpholine rings is 1. The lowest BCUT2D eigenvalue weighted by atomic mass is 10.1. The van der Waals surface area contributed by atoms with Crippen molar-refractivity contribution in [3.8, 4) is 11.3 Å². The summed E-state index contributed by atoms with van der Waals surface area (Å²) in [6.07, 6.45) is 0.719. The van der Waals surface area contributed by atoms with E-state index in [0.717, 1.165) is 50.5 Å². The quantitative estimate of drug-likeness (QED) is 0.449. The molecule has 8 heteroatoms. The Morgan fingerprint density at radius 3 is 2.43 bits per heavy atom. The van der Waals surface area contributed by atoms with Gasteiger partial charge in [0, 0.05) is 37.4 Å². The fourth-order valence-electron chi connectivity index (χ4n) is 4.56. The van der Waals surface area contributed by atoms with Crippen molar-refractivity contribution in [1.29, 1.82) is 0 Å². The van der Waals surface area contributed by atoms with Crippen molar-refractivity contribution in [3.63, 3.8) is 0 Å². The molecule has 2 amide bonds. The van der Waals surface area contributed by atoms with Gasteiger partial charge in [-0.05, 0) is 63.9 Å². The van der Waals surface area contributed by atoms with E-state index in [1.54, 1.807) is 17.0 Å². The molecule has 1 atom stereocenters. The lowest BCUT2D eigenvalue weighted by molar-refractivity contribution is -0.128. The number of rotatable bonds is 9. The predicted molar refractivity (Wildman–Crippen MR) is 143 cm³/mol. The second kappa shape index (κ2) is 11.8. The zero-order valence-electron chi connectivity index (χ0n) is 22.3. The third-order valence-electron chi connectivity index (χ3n) is 6.33. The largest absolute Gasteiger partial charge is 0.464 e. The fourth-order valence-corrected chi connectivity index (χ4v) is 4.56. The number of aromatic amines is 1. The molecule has 0 unspecified atom stereocenters. The van der Waals surface area contributed by atoms with Crippen LogP contribution in [0.2, 0.25) is 0 Å². The van der Waals surface area contributed by atoms with Crippen molar-refractivity contribution in [3.05, 3.63) is 71.8 Å². The Balaban J connectivity index is 1.64. The van der Waals surface area contributed by atoms with Crippen LogP contribution in [0.25, 0.3) is 11.3 Å². The molecule has 0 radical (unpaired) electrons. The molecule has 1 aromatic carbocycles. The number of benzene rings is 1. The number of furan rings is 1. The van der Waals surface area contributed by atoms with E-state index in [4.69, 9.17) is 9.15 Å². The van der Waals surface area contributed by atoms with Crippen LogP contribution >= 0.6 is 0 Å². The average Bonchev–Trinajstić information content (AvgIpc) is 3.53. The Kier molecular flexibility index (Phi) is 8.51. The van der Waals surface area contributed by atoms with Crippen molar-refractivity contribution >= 4 is 11.8 Å². The van der Waals surface area contributed by atoms with Gasteiger partial charge in [-0.15, -0.1) is 0 Å². The smallest absolute Gasteiger partial charge is 0.271 e. The lowest BCUT2D eigenvalue weighted by Crippen LogP contribution is -2.50. The van der Waals surface area contributed by atoms with E-state index >= 15 is 0 Å². The summed E-state index contributed by atoms with van der Waals surface area (Å²) in [5.74, 6) is 0.632. The van der Waals surface area contributed by atoms with Crippen LogP contribution in [0.15, 0.2) is 59.0 Å². The topological polar surface area (TPSA) is 90.8 Å². The number of aryl methyl sites for hydroxylation is 1. The summed E-state index contributed by atoms with van der Waals surface area (Å²) < 4.78 is 11.4. The molecule has 3 aromatic rings. The van der Waals surface area contributed by atoms with Gasteiger partial charge in [-0.2, -0.15) is 0 Å². The van der Waals surface area contributed by atoms with E-state index in [-0.39, 0.29) is 11.8 Å². The number of amides is 2. The van der Waals surface area contributed by atoms with E-state index in [2.05, 4.69) is 15.2 Å². The van der Waals surface area contributed by atoms with Gasteiger partial charge in [0.1, 0.15) is 17.2 Å². The zero-order chi connectivity index (χ0) is 26.4. The van der Waals surface area contributed by atoms with Gasteiger partial charge in [0.15, 0.2) is 6.04 Å². The van der Waals surface area contributed by atoms with E-state index in [1.165, 1.54) is 0 Å². The third-order valence-corrected chi connectivity index (χ3v) is 6.33. The maximum Gasteiger partial charge on any atom is 0.271 e. The molecule has 198 valence electrons. The van der Waals surface area contributed by atoms with Crippen molar-refractivity contribution in [1.82, 2.24) is 20.1 Å². The molecule has 1 aliphatic heterocycles. The minimum absolute atomic E-state index is 0.243. The van der Waals surface area contributed by atoms with Gasteiger partial charge in [0.25, 0.3) is 11.8 Å². The highest BCUT2D eigenvalue weighted by Gasteiger charge is 2.36. The Bertz CT molecular complexity index is 1170. The highest BCUT2D eigenvalue weighted by molar-refractivity contribution is 5.97. The molecule has 3 heterocycles. The first-order valence-corrected chi connectivity index (χ1v) is 12.9. The van der Waals surface area contributed by atoms with Crippen LogP contribution < -0.4 is 5.32 Å². The number of aromatic nitrogens is 1. The zero-order valence-corrected chi connectivity index (χ0v) is 22.3. The molecule has 8 nitrogen and oxygen atoms in total. The Morgan fingerprint density at radius 2 is 1.78 bits per heavy atom. The van der Waals surface area contributed by atoms with Crippen molar-refractivity contribution in [2.45, 2.75) is 45.7 Å². The van der Waals surface area contributed by atoms with E-state index in [1.807, 2.05) is 70.2 Å². The average molecular weight is 507 g/mol. The monoisotopic (exact) mass is 506 g/mol. The normalized spacial score (nSPS) is 15.4. The van der Waals surface area contributed by atoms with Gasteiger partial charge in [-0.1, -0.05) is 30.3 Å². The van der Waals surface area contributed by atoms with Gasteiger partial charge in [-0.25, -0.2) is 0 Å². The molecule has 2 N–H and O–H groups in total. The standard InChI is InChI=1S/C29H38N4O4/c1-21-11-14-25(37-21)26(27(34)31-29(2,3)4)33(16-8-15-32-17-19-36-20-18-32)28(35)24-13-12-23(30-24)22-9-6-5-7-10-22/h5-7,9-14,26,30H,8,15-20H2,1-4H3,(H,31,34)/t26-/m1/s1. The number of carbonyl (C=O) groups excluding carboxylic acids is 2. The summed E-state index contributed by atoms with van der Waals surface area (Å²) in [6, 6.07) is 16.3. The maximum atomic E-state index is 14.0. The van der Waals surface area contributed by atoms with Gasteiger partial charge >= 0.3 is 0 Å². The molecule has 4 rings (SSSR count). The van der Waals surface area contributed by atoms with E-state index in [0.29, 0.717) is 23.8 Å². The minimum Gasteiger partial charge on any atom is -0.464 e. The van der Waals surface area contributed by atoms with Crippen molar-refractivity contribution < 1.29 is 18.7 Å². The second-order valence-corrected chi connectivity index (χ2v) is 10.5. The molecular formula is C29H38N4O4. The van der Waals surface area contributed by atoms with E-state index < -0.39 is 11.6 Å². The summed E-state index contributed by atoms with van der Waals surface area (Å²) in [6.45, 7) is 12.0. The lowest BCUT2D eigenvalue weighted by Gasteiger charge is -2.33. The minimum atomic E-state index is -0.895. The van der Waals surface area contributed by atoms with Gasteiger partial charge in [0.2, 0.25) is 0 Å². The number of hydrogen-bond donors (Lipinski definition) is 2. The molecule has 0 spiro atoms. The van der Waals surface area contributed by atoms with Gasteiger partial charge < -0.3 is 24.4 Å². The molecule has 1 fully saturated rings. The number of hydrogen-bond acceptors (Lipinski definition) is 5. The van der Waals surface area contributed by atoms with E-state index in [9.17, 15) is 9.59 Å². The van der Waals surface area contributed by atoms with Crippen LogP contribution in [0.1, 0.15) is 55.2 Å². The number of carbonyl (C=O) groups is 2. The number of nitrogens with one attached hydrogen (secondary N) is 2. The van der Waals surface area contributed by atoms with Crippen LogP contribution in [0.5, 0.6) is 0 Å². The third kappa shape index (κ3) is 7.11. The van der Waals surface area contributed by atoms with Gasteiger partial charge in [0.05, 0.1) is 13.2 Å². The van der Waals surface area contributed by atoms with Gasteiger partial charge in [-0.3, -0.25) is 14.5 Å². The number of H-pyrrole nitrogens is 1. The summed E-state index contributed by atoms with van der Waals surface area (Å²) in [7, 11) is 0. The summed E-state index contributed by atoms with van der Waals surface area (Å²) in [5, 5.41) is 3.05. The summed E-state index contributed by atoms with van der Waals surface area (Å²) >= 11 is 0. The first-order valence-electron chi connectivity index (χ1n) is 12.9. The maximum absolute atomic E-state index is 14.0. The molecule has 2 aromatic heterocycles. The SMILES string of the molecule is Cc1ccc([C@H](C(=O)NC(C)(C)C)N(CCCN2CCOCC2)C(=O)c2ccc(-c3ccccc3)[nH]2)o1. The predicted octanol–water partition coefficient (Wildman–Crippen LogP) is 4.40. The summed E-state index contributed by atoms with van der Waals surface area (Å²) in [5.41, 5.74) is 1.81. The highest BCUT2D eigenvalue weighted by atomic mass is 16.5. The molecular weight excluding hydrogens is 468 g/mol. The number of ether oxygens (including phenoxy) is 1. The number of nitrogens with zero attached hydrogens (tertiary/aromatic N) is 2. The first-order chi connectivity index (χ1) is 17.7. The highest BCUT2D eigenvalue weighted by Crippen LogP contribution is 2.27. The van der Waals surface area contributed by atoms with Crippen LogP contribution in [0.3, 0.4) is 0 Å². The first kappa shape index (κ1) is 26.7. The molecule has 0 saturated carbocycles.